The topological polar surface area (TPSA) is 35.1 Å². The molecule has 0 saturated heterocycles. The van der Waals surface area contributed by atoms with Crippen molar-refractivity contribution in [3.8, 4) is 0 Å². The van der Waals surface area contributed by atoms with E-state index in [1.807, 2.05) is 42.9 Å². The fraction of sp³-hybridized carbons (Fsp3) is 0.375. The smallest absolute Gasteiger partial charge is 0.268 e. The van der Waals surface area contributed by atoms with Crippen LogP contribution >= 0.6 is 0 Å². The van der Waals surface area contributed by atoms with Crippen molar-refractivity contribution in [1.82, 2.24) is 4.57 Å². The molecule has 0 aliphatic rings. The molecule has 0 aliphatic heterocycles. The van der Waals surface area contributed by atoms with Gasteiger partial charge in [0.2, 0.25) is 0 Å². The van der Waals surface area contributed by atoms with Gasteiger partial charge >= 0.3 is 0 Å². The molecule has 1 aromatic carbocycles. The summed E-state index contributed by atoms with van der Waals surface area (Å²) in [6.45, 7) is 2.13. The van der Waals surface area contributed by atoms with Gasteiger partial charge in [-0.2, -0.15) is 7.28 Å². The Morgan fingerprint density at radius 1 is 1.41 bits per heavy atom. The molecule has 2 rings (SSSR count). The molecular formula is C16H20BFN2O2. The maximum absolute atomic E-state index is 13.0. The molecule has 0 fully saturated rings. The van der Waals surface area contributed by atoms with E-state index in [0.717, 1.165) is 11.3 Å². The number of aryl methyl sites for hydroxylation is 2. The van der Waals surface area contributed by atoms with Crippen LogP contribution in [0.5, 0.6) is 0 Å². The first-order valence-corrected chi connectivity index (χ1v) is 7.28. The SMILES string of the molecule is CCOC(=O)C([B-]c1n(C)cc[n+]1C)Cc1ccc(F)cc1. The van der Waals surface area contributed by atoms with Crippen molar-refractivity contribution in [2.45, 2.75) is 19.2 Å². The number of nitrogens with zero attached hydrogens (tertiary/aromatic N) is 2. The van der Waals surface area contributed by atoms with Crippen molar-refractivity contribution in [2.24, 2.45) is 14.1 Å². The standard InChI is InChI=1S/C16H20BFN2O2/c1-4-22-15(21)14(11-12-5-7-13(18)8-6-12)17-16-19(2)9-10-20(16)3/h5-10,14H,4,11H2,1-3H3. The monoisotopic (exact) mass is 302 g/mol. The Bertz CT molecular complexity index is 621. The van der Waals surface area contributed by atoms with E-state index in [1.165, 1.54) is 12.1 Å². The highest BCUT2D eigenvalue weighted by Gasteiger charge is 2.15. The first-order chi connectivity index (χ1) is 10.5. The molecule has 0 N–H and O–H groups in total. The van der Waals surface area contributed by atoms with Gasteiger partial charge in [-0.1, -0.05) is 24.1 Å². The normalized spacial score (nSPS) is 12.2. The van der Waals surface area contributed by atoms with Gasteiger partial charge in [0.15, 0.2) is 0 Å². The Balaban J connectivity index is 2.19. The molecule has 1 atom stereocenters. The number of aromatic nitrogens is 2. The van der Waals surface area contributed by atoms with Gasteiger partial charge in [-0.05, 0) is 19.1 Å². The van der Waals surface area contributed by atoms with Crippen molar-refractivity contribution in [3.63, 3.8) is 0 Å². The van der Waals surface area contributed by atoms with Gasteiger partial charge in [-0.3, -0.25) is 13.9 Å². The Morgan fingerprint density at radius 2 is 2.09 bits per heavy atom. The van der Waals surface area contributed by atoms with Crippen LogP contribution < -0.4 is 10.3 Å². The fourth-order valence-electron chi connectivity index (χ4n) is 2.35. The molecule has 4 nitrogen and oxygen atoms in total. The molecule has 1 heterocycles. The maximum Gasteiger partial charge on any atom is 0.268 e. The van der Waals surface area contributed by atoms with E-state index in [2.05, 4.69) is 0 Å². The summed E-state index contributed by atoms with van der Waals surface area (Å²) in [6, 6.07) is 6.20. The minimum Gasteiger partial charge on any atom is -0.468 e. The summed E-state index contributed by atoms with van der Waals surface area (Å²) in [7, 11) is 5.74. The van der Waals surface area contributed by atoms with E-state index in [9.17, 15) is 9.18 Å². The van der Waals surface area contributed by atoms with Crippen LogP contribution in [0.25, 0.3) is 0 Å². The number of benzene rings is 1. The van der Waals surface area contributed by atoms with Crippen molar-refractivity contribution in [3.05, 3.63) is 48.0 Å². The number of carbonyl (C=O) groups is 1. The lowest BCUT2D eigenvalue weighted by Crippen LogP contribution is -2.51. The predicted octanol–water partition coefficient (Wildman–Crippen LogP) is 0.912. The summed E-state index contributed by atoms with van der Waals surface area (Å²) in [4.78, 5) is 12.2. The van der Waals surface area contributed by atoms with Crippen molar-refractivity contribution in [2.75, 3.05) is 6.61 Å². The molecule has 1 unspecified atom stereocenters. The van der Waals surface area contributed by atoms with Crippen LogP contribution in [0.3, 0.4) is 0 Å². The van der Waals surface area contributed by atoms with Gasteiger partial charge in [0.1, 0.15) is 18.2 Å². The van der Waals surface area contributed by atoms with Crippen LogP contribution in [0.1, 0.15) is 12.5 Å². The van der Waals surface area contributed by atoms with Crippen molar-refractivity contribution in [1.29, 1.82) is 0 Å². The highest BCUT2D eigenvalue weighted by molar-refractivity contribution is 6.56. The lowest BCUT2D eigenvalue weighted by Gasteiger charge is -2.25. The largest absolute Gasteiger partial charge is 0.468 e. The van der Waals surface area contributed by atoms with Gasteiger partial charge in [0.05, 0.1) is 20.7 Å². The Hall–Kier alpha value is -2.11. The molecule has 0 aliphatic carbocycles. The summed E-state index contributed by atoms with van der Waals surface area (Å²) in [5, 5.41) is 0. The van der Waals surface area contributed by atoms with E-state index in [-0.39, 0.29) is 11.8 Å². The van der Waals surface area contributed by atoms with E-state index in [0.29, 0.717) is 13.0 Å². The number of ether oxygens (including phenoxy) is 1. The first kappa shape index (κ1) is 16.3. The van der Waals surface area contributed by atoms with Gasteiger partial charge in [-0.25, -0.2) is 4.39 Å². The quantitative estimate of drug-likeness (QED) is 0.452. The second kappa shape index (κ2) is 7.25. The second-order valence-electron chi connectivity index (χ2n) is 5.23. The highest BCUT2D eigenvalue weighted by atomic mass is 19.1. The Kier molecular flexibility index (Phi) is 5.36. The molecule has 0 amide bonds. The average Bonchev–Trinajstić information content (AvgIpc) is 2.80. The summed E-state index contributed by atoms with van der Waals surface area (Å²) < 4.78 is 22.1. The second-order valence-corrected chi connectivity index (χ2v) is 5.23. The van der Waals surface area contributed by atoms with Gasteiger partial charge in [0, 0.05) is 5.72 Å². The first-order valence-electron chi connectivity index (χ1n) is 7.28. The molecule has 2 radical (unpaired) electrons. The lowest BCUT2D eigenvalue weighted by molar-refractivity contribution is -0.653. The zero-order valence-corrected chi connectivity index (χ0v) is 13.1. The van der Waals surface area contributed by atoms with Crippen LogP contribution in [-0.4, -0.2) is 24.4 Å². The molecule has 22 heavy (non-hydrogen) atoms. The molecule has 0 bridgehead atoms. The Morgan fingerprint density at radius 3 is 2.64 bits per heavy atom. The number of halogens is 1. The van der Waals surface area contributed by atoms with Crippen LogP contribution in [0, 0.1) is 5.82 Å². The molecule has 2 aromatic rings. The summed E-state index contributed by atoms with van der Waals surface area (Å²) in [5.41, 5.74) is 1.81. The number of esters is 1. The van der Waals surface area contributed by atoms with Crippen molar-refractivity contribution < 1.29 is 18.5 Å². The third-order valence-electron chi connectivity index (χ3n) is 3.55. The third-order valence-corrected chi connectivity index (χ3v) is 3.55. The van der Waals surface area contributed by atoms with Crippen LogP contribution in [0.15, 0.2) is 36.7 Å². The van der Waals surface area contributed by atoms with E-state index < -0.39 is 5.82 Å². The number of carbonyl (C=O) groups excluding carboxylic acids is 1. The van der Waals surface area contributed by atoms with Gasteiger partial charge in [0.25, 0.3) is 5.97 Å². The maximum atomic E-state index is 13.0. The van der Waals surface area contributed by atoms with Crippen LogP contribution in [-0.2, 0) is 30.0 Å². The van der Waals surface area contributed by atoms with E-state index in [4.69, 9.17) is 4.74 Å². The van der Waals surface area contributed by atoms with Crippen LogP contribution in [0.2, 0.25) is 5.82 Å². The summed E-state index contributed by atoms with van der Waals surface area (Å²) in [6.07, 6.45) is 4.32. The number of rotatable bonds is 6. The predicted molar refractivity (Wildman–Crippen MR) is 82.5 cm³/mol. The fourth-order valence-corrected chi connectivity index (χ4v) is 2.35. The number of imidazole rings is 1. The van der Waals surface area contributed by atoms with Gasteiger partial charge in [-0.15, -0.1) is 5.82 Å². The number of hydrogen-bond acceptors (Lipinski definition) is 2. The van der Waals surface area contributed by atoms with E-state index >= 15 is 0 Å². The minimum absolute atomic E-state index is 0.270. The Labute approximate surface area is 130 Å². The molecule has 0 saturated carbocycles. The molecule has 1 aromatic heterocycles. The third kappa shape index (κ3) is 3.96. The van der Waals surface area contributed by atoms with E-state index in [1.54, 1.807) is 19.1 Å². The minimum atomic E-state index is -0.412. The molecular weight excluding hydrogens is 282 g/mol. The van der Waals surface area contributed by atoms with Crippen molar-refractivity contribution >= 4 is 19.0 Å². The molecule has 116 valence electrons. The molecule has 6 heteroatoms. The zero-order valence-electron chi connectivity index (χ0n) is 13.1. The lowest BCUT2D eigenvalue weighted by atomic mass is 9.61. The zero-order chi connectivity index (χ0) is 16.1. The average molecular weight is 302 g/mol. The highest BCUT2D eigenvalue weighted by Crippen LogP contribution is 2.15. The number of hydrogen-bond donors (Lipinski definition) is 0. The van der Waals surface area contributed by atoms with Gasteiger partial charge < -0.3 is 4.74 Å². The summed E-state index contributed by atoms with van der Waals surface area (Å²) >= 11 is 0. The summed E-state index contributed by atoms with van der Waals surface area (Å²) in [5.74, 6) is -0.965. The van der Waals surface area contributed by atoms with Crippen LogP contribution in [0.4, 0.5) is 4.39 Å². The molecule has 0 spiro atoms.